The lowest BCUT2D eigenvalue weighted by atomic mass is 10.0. The van der Waals surface area contributed by atoms with E-state index in [1.807, 2.05) is 49.1 Å². The molecule has 1 saturated heterocycles. The molecular weight excluding hydrogens is 366 g/mol. The van der Waals surface area contributed by atoms with E-state index in [-0.39, 0.29) is 5.91 Å². The van der Waals surface area contributed by atoms with E-state index in [2.05, 4.69) is 11.0 Å². The molecule has 2 aromatic carbocycles. The summed E-state index contributed by atoms with van der Waals surface area (Å²) in [6.45, 7) is 7.03. The Hall–Kier alpha value is -2.11. The third-order valence-corrected chi connectivity index (χ3v) is 6.19. The van der Waals surface area contributed by atoms with Gasteiger partial charge in [-0.1, -0.05) is 46.7 Å². The van der Waals surface area contributed by atoms with E-state index in [1.165, 1.54) is 5.56 Å². The zero-order valence-corrected chi connectivity index (χ0v) is 16.4. The van der Waals surface area contributed by atoms with Crippen LogP contribution >= 0.6 is 22.9 Å². The van der Waals surface area contributed by atoms with Crippen LogP contribution in [-0.4, -0.2) is 42.0 Å². The molecule has 0 aliphatic carbocycles. The molecule has 4 rings (SSSR count). The number of rotatable bonds is 2. The second-order valence-electron chi connectivity index (χ2n) is 6.68. The average Bonchev–Trinajstić information content (AvgIpc) is 3.07. The van der Waals surface area contributed by atoms with Gasteiger partial charge in [-0.15, -0.1) is 0 Å². The third-order valence-electron chi connectivity index (χ3n) is 4.81. The van der Waals surface area contributed by atoms with Crippen LogP contribution in [0.15, 0.2) is 36.4 Å². The van der Waals surface area contributed by atoms with Crippen LogP contribution in [0, 0.1) is 13.8 Å². The fraction of sp³-hybridized carbons (Fsp3) is 0.300. The first-order valence-corrected chi connectivity index (χ1v) is 9.89. The monoisotopic (exact) mass is 385 g/mol. The molecule has 1 aliphatic rings. The van der Waals surface area contributed by atoms with E-state index < -0.39 is 0 Å². The maximum atomic E-state index is 12.8. The molecule has 2 heterocycles. The molecule has 26 heavy (non-hydrogen) atoms. The SMILES string of the molecule is Cc1ccc(C(=O)N2CCN(c3nc4c(Cl)cccc4s3)CC2)c(C)c1. The first kappa shape index (κ1) is 17.3. The minimum absolute atomic E-state index is 0.120. The summed E-state index contributed by atoms with van der Waals surface area (Å²) in [6, 6.07) is 11.9. The van der Waals surface area contributed by atoms with E-state index in [9.17, 15) is 4.79 Å². The zero-order valence-electron chi connectivity index (χ0n) is 14.8. The van der Waals surface area contributed by atoms with Gasteiger partial charge in [0.1, 0.15) is 5.52 Å². The molecule has 134 valence electrons. The van der Waals surface area contributed by atoms with Gasteiger partial charge in [-0.05, 0) is 37.6 Å². The number of aryl methyl sites for hydroxylation is 2. The Labute approximate surface area is 162 Å². The van der Waals surface area contributed by atoms with Crippen molar-refractivity contribution in [2.45, 2.75) is 13.8 Å². The van der Waals surface area contributed by atoms with Crippen molar-refractivity contribution in [3.63, 3.8) is 0 Å². The number of halogens is 1. The summed E-state index contributed by atoms with van der Waals surface area (Å²) in [5.74, 6) is 0.120. The van der Waals surface area contributed by atoms with E-state index in [4.69, 9.17) is 16.6 Å². The van der Waals surface area contributed by atoms with Crippen LogP contribution < -0.4 is 4.90 Å². The number of fused-ring (bicyclic) bond motifs is 1. The second kappa shape index (κ2) is 6.89. The number of anilines is 1. The van der Waals surface area contributed by atoms with Gasteiger partial charge in [-0.25, -0.2) is 4.98 Å². The van der Waals surface area contributed by atoms with E-state index >= 15 is 0 Å². The molecule has 0 atom stereocenters. The highest BCUT2D eigenvalue weighted by atomic mass is 35.5. The molecule has 0 N–H and O–H groups in total. The maximum absolute atomic E-state index is 12.8. The Morgan fingerprint density at radius 2 is 1.88 bits per heavy atom. The number of hydrogen-bond acceptors (Lipinski definition) is 4. The van der Waals surface area contributed by atoms with Gasteiger partial charge in [0.25, 0.3) is 5.91 Å². The van der Waals surface area contributed by atoms with Gasteiger partial charge in [-0.2, -0.15) is 0 Å². The fourth-order valence-electron chi connectivity index (χ4n) is 3.36. The number of benzene rings is 2. The van der Waals surface area contributed by atoms with Crippen molar-refractivity contribution >= 4 is 44.2 Å². The zero-order chi connectivity index (χ0) is 18.3. The maximum Gasteiger partial charge on any atom is 0.254 e. The summed E-state index contributed by atoms with van der Waals surface area (Å²) >= 11 is 7.90. The number of hydrogen-bond donors (Lipinski definition) is 0. The van der Waals surface area contributed by atoms with E-state index in [0.29, 0.717) is 18.1 Å². The number of carbonyl (C=O) groups excluding carboxylic acids is 1. The molecule has 1 amide bonds. The Bertz CT molecular complexity index is 976. The summed E-state index contributed by atoms with van der Waals surface area (Å²) < 4.78 is 1.10. The van der Waals surface area contributed by atoms with Gasteiger partial charge in [0.05, 0.1) is 9.72 Å². The Balaban J connectivity index is 1.48. The van der Waals surface area contributed by atoms with Crippen LogP contribution in [0.3, 0.4) is 0 Å². The van der Waals surface area contributed by atoms with Crippen molar-refractivity contribution in [2.75, 3.05) is 31.1 Å². The molecule has 0 saturated carbocycles. The number of carbonyl (C=O) groups is 1. The van der Waals surface area contributed by atoms with Crippen LogP contribution in [0.4, 0.5) is 5.13 Å². The molecule has 3 aromatic rings. The van der Waals surface area contributed by atoms with Gasteiger partial charge >= 0.3 is 0 Å². The van der Waals surface area contributed by atoms with Gasteiger partial charge in [-0.3, -0.25) is 4.79 Å². The average molecular weight is 386 g/mol. The second-order valence-corrected chi connectivity index (χ2v) is 8.10. The van der Waals surface area contributed by atoms with Crippen LogP contribution in [0.25, 0.3) is 10.2 Å². The molecule has 0 radical (unpaired) electrons. The topological polar surface area (TPSA) is 36.4 Å². The molecule has 1 fully saturated rings. The Morgan fingerprint density at radius 3 is 2.58 bits per heavy atom. The molecule has 4 nitrogen and oxygen atoms in total. The first-order valence-electron chi connectivity index (χ1n) is 8.69. The molecule has 0 bridgehead atoms. The summed E-state index contributed by atoms with van der Waals surface area (Å²) in [4.78, 5) is 21.7. The Kier molecular flexibility index (Phi) is 4.59. The van der Waals surface area contributed by atoms with Crippen molar-refractivity contribution < 1.29 is 4.79 Å². The molecule has 1 aliphatic heterocycles. The number of amides is 1. The lowest BCUT2D eigenvalue weighted by Gasteiger charge is -2.34. The van der Waals surface area contributed by atoms with Crippen LogP contribution in [0.1, 0.15) is 21.5 Å². The van der Waals surface area contributed by atoms with Gasteiger partial charge in [0.2, 0.25) is 0 Å². The largest absolute Gasteiger partial charge is 0.345 e. The normalized spacial score (nSPS) is 14.9. The van der Waals surface area contributed by atoms with Gasteiger partial charge in [0, 0.05) is 31.7 Å². The highest BCUT2D eigenvalue weighted by Crippen LogP contribution is 2.33. The number of nitrogens with zero attached hydrogens (tertiary/aromatic N) is 3. The third kappa shape index (κ3) is 3.17. The molecule has 1 aromatic heterocycles. The first-order chi connectivity index (χ1) is 12.5. The van der Waals surface area contributed by atoms with Crippen molar-refractivity contribution in [1.29, 1.82) is 0 Å². The number of aromatic nitrogens is 1. The predicted octanol–water partition coefficient (Wildman–Crippen LogP) is 4.53. The van der Waals surface area contributed by atoms with Crippen molar-refractivity contribution in [1.82, 2.24) is 9.88 Å². The van der Waals surface area contributed by atoms with Gasteiger partial charge < -0.3 is 9.80 Å². The highest BCUT2D eigenvalue weighted by Gasteiger charge is 2.25. The number of piperazine rings is 1. The standard InChI is InChI=1S/C20H20ClN3OS/c1-13-6-7-15(14(2)12-13)19(25)23-8-10-24(11-9-23)20-22-18-16(21)4-3-5-17(18)26-20/h3-7,12H,8-11H2,1-2H3. The summed E-state index contributed by atoms with van der Waals surface area (Å²) in [5.41, 5.74) is 3.88. The van der Waals surface area contributed by atoms with Crippen LogP contribution in [0.5, 0.6) is 0 Å². The highest BCUT2D eigenvalue weighted by molar-refractivity contribution is 7.22. The van der Waals surface area contributed by atoms with Gasteiger partial charge in [0.15, 0.2) is 5.13 Å². The van der Waals surface area contributed by atoms with E-state index in [0.717, 1.165) is 39.6 Å². The lowest BCUT2D eigenvalue weighted by molar-refractivity contribution is 0.0746. The van der Waals surface area contributed by atoms with Crippen molar-refractivity contribution in [3.8, 4) is 0 Å². The number of thiazole rings is 1. The van der Waals surface area contributed by atoms with Crippen molar-refractivity contribution in [2.24, 2.45) is 0 Å². The summed E-state index contributed by atoms with van der Waals surface area (Å²) in [6.07, 6.45) is 0. The van der Waals surface area contributed by atoms with E-state index in [1.54, 1.807) is 11.3 Å². The summed E-state index contributed by atoms with van der Waals surface area (Å²) in [5, 5.41) is 1.67. The van der Waals surface area contributed by atoms with Crippen molar-refractivity contribution in [3.05, 3.63) is 58.1 Å². The predicted molar refractivity (Wildman–Crippen MR) is 109 cm³/mol. The molecular formula is C20H20ClN3OS. The minimum Gasteiger partial charge on any atom is -0.345 e. The molecule has 0 unspecified atom stereocenters. The molecule has 0 spiro atoms. The quantitative estimate of drug-likeness (QED) is 0.650. The number of para-hydroxylation sites is 1. The fourth-order valence-corrected chi connectivity index (χ4v) is 4.68. The van der Waals surface area contributed by atoms with Crippen LogP contribution in [-0.2, 0) is 0 Å². The Morgan fingerprint density at radius 1 is 1.12 bits per heavy atom. The minimum atomic E-state index is 0.120. The van der Waals surface area contributed by atoms with Crippen LogP contribution in [0.2, 0.25) is 5.02 Å². The lowest BCUT2D eigenvalue weighted by Crippen LogP contribution is -2.48. The summed E-state index contributed by atoms with van der Waals surface area (Å²) in [7, 11) is 0. The molecule has 6 heteroatoms. The smallest absolute Gasteiger partial charge is 0.254 e.